The number of halogens is 1. The van der Waals surface area contributed by atoms with Gasteiger partial charge in [-0.05, 0) is 12.1 Å². The van der Waals surface area contributed by atoms with E-state index >= 15 is 0 Å². The van der Waals surface area contributed by atoms with Gasteiger partial charge in [-0.1, -0.05) is 23.7 Å². The van der Waals surface area contributed by atoms with Crippen molar-refractivity contribution in [2.75, 3.05) is 13.1 Å². The Morgan fingerprint density at radius 3 is 2.94 bits per heavy atom. The molecule has 82 valence electrons. The Morgan fingerprint density at radius 1 is 1.38 bits per heavy atom. The molecule has 2 aromatic rings. The smallest absolute Gasteiger partial charge is 0.0954 e. The van der Waals surface area contributed by atoms with E-state index in [2.05, 4.69) is 20.9 Å². The normalized spacial score (nSPS) is 16.1. The molecule has 1 saturated heterocycles. The van der Waals surface area contributed by atoms with Gasteiger partial charge in [-0.3, -0.25) is 0 Å². The van der Waals surface area contributed by atoms with Gasteiger partial charge in [0.25, 0.3) is 0 Å². The van der Waals surface area contributed by atoms with E-state index in [0.29, 0.717) is 6.04 Å². The van der Waals surface area contributed by atoms with Crippen molar-refractivity contribution in [3.8, 4) is 11.3 Å². The van der Waals surface area contributed by atoms with E-state index in [-0.39, 0.29) is 0 Å². The van der Waals surface area contributed by atoms with Crippen molar-refractivity contribution in [3.05, 3.63) is 41.8 Å². The summed E-state index contributed by atoms with van der Waals surface area (Å²) >= 11 is 6.00. The second kappa shape index (κ2) is 3.92. The fourth-order valence-electron chi connectivity index (χ4n) is 1.94. The first-order valence-electron chi connectivity index (χ1n) is 5.33. The Labute approximate surface area is 99.1 Å². The van der Waals surface area contributed by atoms with Crippen molar-refractivity contribution < 1.29 is 0 Å². The van der Waals surface area contributed by atoms with Crippen LogP contribution in [-0.4, -0.2) is 22.6 Å². The van der Waals surface area contributed by atoms with E-state index in [1.165, 1.54) is 0 Å². The second-order valence-corrected chi connectivity index (χ2v) is 4.45. The molecule has 0 spiro atoms. The van der Waals surface area contributed by atoms with Gasteiger partial charge in [0.2, 0.25) is 0 Å². The van der Waals surface area contributed by atoms with Crippen molar-refractivity contribution in [2.45, 2.75) is 6.04 Å². The molecule has 0 bridgehead atoms. The van der Waals surface area contributed by atoms with Crippen LogP contribution in [0.1, 0.15) is 6.04 Å². The average molecular weight is 234 g/mol. The van der Waals surface area contributed by atoms with Crippen LogP contribution >= 0.6 is 11.6 Å². The third-order valence-electron chi connectivity index (χ3n) is 2.94. The molecule has 4 heteroatoms. The Morgan fingerprint density at radius 2 is 2.25 bits per heavy atom. The monoisotopic (exact) mass is 233 g/mol. The van der Waals surface area contributed by atoms with Crippen LogP contribution in [0.2, 0.25) is 5.02 Å². The molecule has 0 atom stereocenters. The summed E-state index contributed by atoms with van der Waals surface area (Å²) in [6.45, 7) is 2.04. The highest BCUT2D eigenvalue weighted by atomic mass is 35.5. The zero-order valence-electron chi connectivity index (χ0n) is 8.73. The SMILES string of the molecule is Clc1cccc(-c2cncn2C2CNC2)c1. The maximum absolute atomic E-state index is 6.00. The molecule has 16 heavy (non-hydrogen) atoms. The van der Waals surface area contributed by atoms with Crippen LogP contribution in [0.5, 0.6) is 0 Å². The third kappa shape index (κ3) is 1.62. The fourth-order valence-corrected chi connectivity index (χ4v) is 2.13. The van der Waals surface area contributed by atoms with Gasteiger partial charge in [0.05, 0.1) is 24.3 Å². The molecule has 1 N–H and O–H groups in total. The van der Waals surface area contributed by atoms with Gasteiger partial charge in [0, 0.05) is 23.7 Å². The number of hydrogen-bond donors (Lipinski definition) is 1. The Balaban J connectivity index is 2.02. The van der Waals surface area contributed by atoms with Crippen LogP contribution in [0.3, 0.4) is 0 Å². The van der Waals surface area contributed by atoms with E-state index in [1.807, 2.05) is 30.7 Å². The number of nitrogens with zero attached hydrogens (tertiary/aromatic N) is 2. The molecular formula is C12H12ClN3. The van der Waals surface area contributed by atoms with E-state index in [0.717, 1.165) is 29.4 Å². The highest BCUT2D eigenvalue weighted by molar-refractivity contribution is 6.30. The lowest BCUT2D eigenvalue weighted by atomic mass is 10.1. The highest BCUT2D eigenvalue weighted by Gasteiger charge is 2.21. The third-order valence-corrected chi connectivity index (χ3v) is 3.17. The van der Waals surface area contributed by atoms with Crippen molar-refractivity contribution >= 4 is 11.6 Å². The summed E-state index contributed by atoms with van der Waals surface area (Å²) in [5.74, 6) is 0. The van der Waals surface area contributed by atoms with Crippen LogP contribution in [0.25, 0.3) is 11.3 Å². The van der Waals surface area contributed by atoms with E-state index in [1.54, 1.807) is 0 Å². The summed E-state index contributed by atoms with van der Waals surface area (Å²) in [4.78, 5) is 4.22. The molecule has 1 aromatic heterocycles. The van der Waals surface area contributed by atoms with Crippen LogP contribution in [0.4, 0.5) is 0 Å². The van der Waals surface area contributed by atoms with Crippen molar-refractivity contribution in [2.24, 2.45) is 0 Å². The first-order chi connectivity index (χ1) is 7.84. The molecule has 0 unspecified atom stereocenters. The quantitative estimate of drug-likeness (QED) is 0.863. The molecule has 1 fully saturated rings. The molecule has 3 rings (SSSR count). The maximum atomic E-state index is 6.00. The first kappa shape index (κ1) is 9.87. The molecule has 0 radical (unpaired) electrons. The summed E-state index contributed by atoms with van der Waals surface area (Å²) in [5.41, 5.74) is 2.26. The van der Waals surface area contributed by atoms with Gasteiger partial charge in [-0.15, -0.1) is 0 Å². The average Bonchev–Trinajstić information content (AvgIpc) is 2.64. The second-order valence-electron chi connectivity index (χ2n) is 4.01. The zero-order chi connectivity index (χ0) is 11.0. The maximum Gasteiger partial charge on any atom is 0.0954 e. The molecule has 2 heterocycles. The molecule has 0 saturated carbocycles. The van der Waals surface area contributed by atoms with E-state index < -0.39 is 0 Å². The molecule has 0 amide bonds. The topological polar surface area (TPSA) is 29.9 Å². The molecule has 0 aliphatic carbocycles. The lowest BCUT2D eigenvalue weighted by Crippen LogP contribution is -2.43. The van der Waals surface area contributed by atoms with E-state index in [4.69, 9.17) is 11.6 Å². The molecule has 1 aliphatic heterocycles. The van der Waals surface area contributed by atoms with Gasteiger partial charge in [0.15, 0.2) is 0 Å². The largest absolute Gasteiger partial charge is 0.325 e. The minimum Gasteiger partial charge on any atom is -0.325 e. The van der Waals surface area contributed by atoms with Crippen LogP contribution < -0.4 is 5.32 Å². The van der Waals surface area contributed by atoms with Crippen molar-refractivity contribution in [3.63, 3.8) is 0 Å². The lowest BCUT2D eigenvalue weighted by molar-refractivity contribution is 0.346. The number of imidazole rings is 1. The number of rotatable bonds is 2. The standard InChI is InChI=1S/C12H12ClN3/c13-10-3-1-2-9(4-10)12-7-15-8-16(12)11-5-14-6-11/h1-4,7-8,11,14H,5-6H2. The number of benzene rings is 1. The lowest BCUT2D eigenvalue weighted by Gasteiger charge is -2.29. The summed E-state index contributed by atoms with van der Waals surface area (Å²) in [7, 11) is 0. The summed E-state index contributed by atoms with van der Waals surface area (Å²) in [5, 5.41) is 4.03. The predicted octanol–water partition coefficient (Wildman–Crippen LogP) is 2.35. The van der Waals surface area contributed by atoms with Crippen LogP contribution in [-0.2, 0) is 0 Å². The predicted molar refractivity (Wildman–Crippen MR) is 64.6 cm³/mol. The van der Waals surface area contributed by atoms with Gasteiger partial charge in [-0.25, -0.2) is 4.98 Å². The van der Waals surface area contributed by atoms with Crippen LogP contribution in [0.15, 0.2) is 36.8 Å². The summed E-state index contributed by atoms with van der Waals surface area (Å²) < 4.78 is 2.21. The first-order valence-corrected chi connectivity index (χ1v) is 5.71. The molecular weight excluding hydrogens is 222 g/mol. The van der Waals surface area contributed by atoms with Gasteiger partial charge < -0.3 is 9.88 Å². The molecule has 3 nitrogen and oxygen atoms in total. The van der Waals surface area contributed by atoms with Gasteiger partial charge in [-0.2, -0.15) is 0 Å². The molecule has 1 aromatic carbocycles. The fraction of sp³-hybridized carbons (Fsp3) is 0.250. The number of aromatic nitrogens is 2. The van der Waals surface area contributed by atoms with Crippen molar-refractivity contribution in [1.29, 1.82) is 0 Å². The number of nitrogens with one attached hydrogen (secondary N) is 1. The minimum atomic E-state index is 0.525. The minimum absolute atomic E-state index is 0.525. The summed E-state index contributed by atoms with van der Waals surface area (Å²) in [6, 6.07) is 8.41. The Bertz CT molecular complexity index is 502. The zero-order valence-corrected chi connectivity index (χ0v) is 9.48. The van der Waals surface area contributed by atoms with Crippen LogP contribution in [0, 0.1) is 0 Å². The van der Waals surface area contributed by atoms with Gasteiger partial charge >= 0.3 is 0 Å². The molecule has 1 aliphatic rings. The van der Waals surface area contributed by atoms with E-state index in [9.17, 15) is 0 Å². The van der Waals surface area contributed by atoms with Gasteiger partial charge in [0.1, 0.15) is 0 Å². The highest BCUT2D eigenvalue weighted by Crippen LogP contribution is 2.26. The summed E-state index contributed by atoms with van der Waals surface area (Å²) in [6.07, 6.45) is 3.78. The number of hydrogen-bond acceptors (Lipinski definition) is 2. The Kier molecular flexibility index (Phi) is 2.42. The van der Waals surface area contributed by atoms with Crippen molar-refractivity contribution in [1.82, 2.24) is 14.9 Å². The Hall–Kier alpha value is -1.32.